The van der Waals surface area contributed by atoms with Crippen molar-refractivity contribution < 1.29 is 14.3 Å². The minimum Gasteiger partial charge on any atom is -0.506 e. The van der Waals surface area contributed by atoms with Gasteiger partial charge in [0.15, 0.2) is 5.76 Å². The van der Waals surface area contributed by atoms with Crippen LogP contribution in [0.15, 0.2) is 34.3 Å². The van der Waals surface area contributed by atoms with Gasteiger partial charge >= 0.3 is 0 Å². The predicted molar refractivity (Wildman–Crippen MR) is 48.1 cm³/mol. The molecule has 0 aromatic carbocycles. The molecule has 0 spiro atoms. The van der Waals surface area contributed by atoms with Gasteiger partial charge in [-0.05, 0) is 23.6 Å². The zero-order valence-corrected chi connectivity index (χ0v) is 7.38. The van der Waals surface area contributed by atoms with Crippen molar-refractivity contribution in [1.82, 2.24) is 0 Å². The lowest BCUT2D eigenvalue weighted by Gasteiger charge is -1.92. The molecule has 2 aromatic heterocycles. The van der Waals surface area contributed by atoms with E-state index in [0.717, 1.165) is 0 Å². The number of hydrogen-bond donors (Lipinski definition) is 1. The van der Waals surface area contributed by atoms with Crippen LogP contribution in [0.2, 0.25) is 0 Å². The van der Waals surface area contributed by atoms with Crippen molar-refractivity contribution >= 4 is 17.1 Å². The molecule has 0 saturated heterocycles. The summed E-state index contributed by atoms with van der Waals surface area (Å²) in [6.45, 7) is 0. The topological polar surface area (TPSA) is 50.4 Å². The zero-order valence-electron chi connectivity index (χ0n) is 6.56. The third-order valence-corrected chi connectivity index (χ3v) is 2.50. The molecule has 2 heterocycles. The highest BCUT2D eigenvalue weighted by atomic mass is 32.1. The molecule has 0 bridgehead atoms. The smallest absolute Gasteiger partial charge is 0.241 e. The maximum absolute atomic E-state index is 11.5. The second kappa shape index (κ2) is 3.06. The van der Waals surface area contributed by atoms with E-state index in [2.05, 4.69) is 0 Å². The molecule has 0 aliphatic heterocycles. The minimum atomic E-state index is -0.280. The van der Waals surface area contributed by atoms with Gasteiger partial charge in [-0.1, -0.05) is 0 Å². The fraction of sp³-hybridized carbons (Fsp3) is 0. The van der Waals surface area contributed by atoms with Crippen LogP contribution in [0.5, 0.6) is 5.75 Å². The van der Waals surface area contributed by atoms with Crippen molar-refractivity contribution in [2.24, 2.45) is 0 Å². The van der Waals surface area contributed by atoms with E-state index < -0.39 is 0 Å². The van der Waals surface area contributed by atoms with Crippen LogP contribution < -0.4 is 0 Å². The Morgan fingerprint density at radius 2 is 2.31 bits per heavy atom. The summed E-state index contributed by atoms with van der Waals surface area (Å²) < 4.78 is 4.92. The highest BCUT2D eigenvalue weighted by Crippen LogP contribution is 2.25. The minimum absolute atomic E-state index is 0.00593. The Balaban J connectivity index is 2.39. The maximum atomic E-state index is 11.5. The quantitative estimate of drug-likeness (QED) is 0.746. The molecule has 0 aliphatic rings. The van der Waals surface area contributed by atoms with Crippen molar-refractivity contribution in [2.45, 2.75) is 0 Å². The summed E-state index contributed by atoms with van der Waals surface area (Å²) in [5, 5.41) is 10.9. The summed E-state index contributed by atoms with van der Waals surface area (Å²) in [7, 11) is 0. The van der Waals surface area contributed by atoms with Crippen LogP contribution in [-0.2, 0) is 0 Å². The maximum Gasteiger partial charge on any atom is 0.241 e. The van der Waals surface area contributed by atoms with Gasteiger partial charge in [-0.3, -0.25) is 4.79 Å². The molecule has 13 heavy (non-hydrogen) atoms. The van der Waals surface area contributed by atoms with Gasteiger partial charge in [0.25, 0.3) is 0 Å². The number of carbonyl (C=O) groups is 1. The second-order valence-corrected chi connectivity index (χ2v) is 3.36. The molecule has 0 saturated carbocycles. The van der Waals surface area contributed by atoms with Gasteiger partial charge in [-0.15, -0.1) is 11.3 Å². The summed E-state index contributed by atoms with van der Waals surface area (Å²) in [6, 6.07) is 4.69. The van der Waals surface area contributed by atoms with Gasteiger partial charge in [0.05, 0.1) is 6.26 Å². The average molecular weight is 194 g/mol. The first-order valence-corrected chi connectivity index (χ1v) is 4.51. The first kappa shape index (κ1) is 8.07. The Labute approximate surface area is 78.2 Å². The van der Waals surface area contributed by atoms with Crippen LogP contribution in [0.4, 0.5) is 0 Å². The van der Waals surface area contributed by atoms with Gasteiger partial charge in [0.1, 0.15) is 10.6 Å². The summed E-state index contributed by atoms with van der Waals surface area (Å²) in [6.07, 6.45) is 1.43. The lowest BCUT2D eigenvalue weighted by molar-refractivity contribution is 0.101. The van der Waals surface area contributed by atoms with Gasteiger partial charge in [0, 0.05) is 0 Å². The fourth-order valence-corrected chi connectivity index (χ4v) is 1.72. The number of hydrogen-bond acceptors (Lipinski definition) is 4. The lowest BCUT2D eigenvalue weighted by atomic mass is 10.2. The van der Waals surface area contributed by atoms with E-state index in [9.17, 15) is 9.90 Å². The number of furan rings is 1. The molecule has 3 nitrogen and oxygen atoms in total. The Bertz CT molecular complexity index is 414. The van der Waals surface area contributed by atoms with E-state index in [-0.39, 0.29) is 17.3 Å². The predicted octanol–water partition coefficient (Wildman–Crippen LogP) is 2.28. The van der Waals surface area contributed by atoms with Crippen LogP contribution in [0, 0.1) is 0 Å². The van der Waals surface area contributed by atoms with Crippen molar-refractivity contribution in [3.8, 4) is 5.75 Å². The van der Waals surface area contributed by atoms with Gasteiger partial charge < -0.3 is 9.52 Å². The molecule has 66 valence electrons. The lowest BCUT2D eigenvalue weighted by Crippen LogP contribution is -1.95. The van der Waals surface area contributed by atoms with Crippen molar-refractivity contribution in [3.63, 3.8) is 0 Å². The molecule has 0 amide bonds. The largest absolute Gasteiger partial charge is 0.506 e. The Morgan fingerprint density at radius 1 is 1.46 bits per heavy atom. The van der Waals surface area contributed by atoms with E-state index >= 15 is 0 Å². The zero-order chi connectivity index (χ0) is 9.26. The fourth-order valence-electron chi connectivity index (χ4n) is 0.992. The van der Waals surface area contributed by atoms with E-state index in [0.29, 0.717) is 4.88 Å². The third-order valence-electron chi connectivity index (χ3n) is 1.60. The van der Waals surface area contributed by atoms with Crippen LogP contribution >= 0.6 is 11.3 Å². The molecule has 2 rings (SSSR count). The van der Waals surface area contributed by atoms with Crippen molar-refractivity contribution in [3.05, 3.63) is 40.5 Å². The SMILES string of the molecule is O=C(c1ccco1)c1sccc1O. The normalized spacial score (nSPS) is 10.2. The molecule has 0 atom stereocenters. The molecular weight excluding hydrogens is 188 g/mol. The molecule has 0 radical (unpaired) electrons. The molecule has 2 aromatic rings. The summed E-state index contributed by atoms with van der Waals surface area (Å²) >= 11 is 1.20. The molecule has 0 fully saturated rings. The molecule has 1 N–H and O–H groups in total. The van der Waals surface area contributed by atoms with Crippen LogP contribution in [0.1, 0.15) is 15.4 Å². The highest BCUT2D eigenvalue weighted by Gasteiger charge is 2.16. The number of carbonyl (C=O) groups excluding carboxylic acids is 1. The summed E-state index contributed by atoms with van der Waals surface area (Å²) in [4.78, 5) is 11.9. The number of aromatic hydroxyl groups is 1. The first-order chi connectivity index (χ1) is 6.29. The van der Waals surface area contributed by atoms with E-state index in [1.54, 1.807) is 17.5 Å². The van der Waals surface area contributed by atoms with E-state index in [1.165, 1.54) is 23.7 Å². The van der Waals surface area contributed by atoms with Crippen molar-refractivity contribution in [2.75, 3.05) is 0 Å². The molecule has 0 aliphatic carbocycles. The van der Waals surface area contributed by atoms with Gasteiger partial charge in [-0.2, -0.15) is 0 Å². The first-order valence-electron chi connectivity index (χ1n) is 3.63. The number of rotatable bonds is 2. The number of ketones is 1. The third kappa shape index (κ3) is 1.36. The Kier molecular flexibility index (Phi) is 1.90. The molecular formula is C9H6O3S. The highest BCUT2D eigenvalue weighted by molar-refractivity contribution is 7.12. The van der Waals surface area contributed by atoms with E-state index in [4.69, 9.17) is 4.42 Å². The van der Waals surface area contributed by atoms with Crippen LogP contribution in [0.3, 0.4) is 0 Å². The summed E-state index contributed by atoms with van der Waals surface area (Å²) in [5.41, 5.74) is 0. The van der Waals surface area contributed by atoms with Crippen molar-refractivity contribution in [1.29, 1.82) is 0 Å². The van der Waals surface area contributed by atoms with Gasteiger partial charge in [-0.25, -0.2) is 0 Å². The number of thiophene rings is 1. The summed E-state index contributed by atoms with van der Waals surface area (Å²) in [5.74, 6) is -0.0262. The standard InChI is InChI=1S/C9H6O3S/c10-6-3-5-13-9(6)8(11)7-2-1-4-12-7/h1-5,10H. The van der Waals surface area contributed by atoms with Crippen LogP contribution in [-0.4, -0.2) is 10.9 Å². The van der Waals surface area contributed by atoms with Gasteiger partial charge in [0.2, 0.25) is 5.78 Å². The second-order valence-electron chi connectivity index (χ2n) is 2.44. The Hall–Kier alpha value is -1.55. The monoisotopic (exact) mass is 194 g/mol. The van der Waals surface area contributed by atoms with Crippen LogP contribution in [0.25, 0.3) is 0 Å². The molecule has 4 heteroatoms. The molecule has 0 unspecified atom stereocenters. The van der Waals surface area contributed by atoms with E-state index in [1.807, 2.05) is 0 Å². The average Bonchev–Trinajstić information content (AvgIpc) is 2.72. The Morgan fingerprint density at radius 3 is 2.85 bits per heavy atom.